The van der Waals surface area contributed by atoms with Crippen molar-refractivity contribution in [2.75, 3.05) is 12.1 Å². The van der Waals surface area contributed by atoms with Crippen LogP contribution in [0.3, 0.4) is 0 Å². The van der Waals surface area contributed by atoms with E-state index in [0.29, 0.717) is 28.3 Å². The summed E-state index contributed by atoms with van der Waals surface area (Å²) in [5.41, 5.74) is 1.78. The van der Waals surface area contributed by atoms with Gasteiger partial charge in [-0.05, 0) is 26.0 Å². The number of amides is 3. The predicted molar refractivity (Wildman–Crippen MR) is 97.3 cm³/mol. The molecule has 2 heterocycles. The molecule has 2 aromatic carbocycles. The molecule has 27 heavy (non-hydrogen) atoms. The molecule has 1 N–H and O–H groups in total. The lowest BCUT2D eigenvalue weighted by Crippen LogP contribution is -2.45. The second-order valence-corrected chi connectivity index (χ2v) is 6.79. The van der Waals surface area contributed by atoms with Crippen LogP contribution in [0.25, 0.3) is 0 Å². The molecule has 0 radical (unpaired) electrons. The second kappa shape index (κ2) is 6.28. The van der Waals surface area contributed by atoms with Crippen LogP contribution in [-0.4, -0.2) is 35.5 Å². The van der Waals surface area contributed by atoms with E-state index in [4.69, 9.17) is 21.1 Å². The summed E-state index contributed by atoms with van der Waals surface area (Å²) < 4.78 is 10.5. The lowest BCUT2D eigenvalue weighted by atomic mass is 10.1. The van der Waals surface area contributed by atoms with Crippen LogP contribution in [0.5, 0.6) is 11.5 Å². The first kappa shape index (κ1) is 17.4. The summed E-state index contributed by atoms with van der Waals surface area (Å²) >= 11 is 6.17. The van der Waals surface area contributed by atoms with E-state index in [0.717, 1.165) is 10.5 Å². The highest BCUT2D eigenvalue weighted by atomic mass is 35.5. The maximum absolute atomic E-state index is 12.7. The van der Waals surface area contributed by atoms with Gasteiger partial charge in [0, 0.05) is 12.1 Å². The Bertz CT molecular complexity index is 1000. The van der Waals surface area contributed by atoms with Gasteiger partial charge < -0.3 is 14.8 Å². The third-order valence-electron chi connectivity index (χ3n) is 4.56. The van der Waals surface area contributed by atoms with Crippen molar-refractivity contribution in [3.63, 3.8) is 0 Å². The summed E-state index contributed by atoms with van der Waals surface area (Å²) in [4.78, 5) is 38.9. The smallest absolute Gasteiger partial charge is 0.262 e. The Balaban J connectivity index is 1.57. The first-order chi connectivity index (χ1) is 12.9. The molecule has 0 saturated heterocycles. The Kier molecular flexibility index (Phi) is 4.04. The molecule has 2 aromatic rings. The average Bonchev–Trinajstić information content (AvgIpc) is 3.17. The topological polar surface area (TPSA) is 84.9 Å². The van der Waals surface area contributed by atoms with Crippen LogP contribution < -0.4 is 14.8 Å². The Morgan fingerprint density at radius 1 is 1.11 bits per heavy atom. The Labute approximate surface area is 159 Å². The molecule has 0 aromatic heterocycles. The van der Waals surface area contributed by atoms with E-state index in [2.05, 4.69) is 5.32 Å². The van der Waals surface area contributed by atoms with Gasteiger partial charge in [-0.2, -0.15) is 0 Å². The number of anilines is 1. The first-order valence-corrected chi connectivity index (χ1v) is 8.63. The minimum Gasteiger partial charge on any atom is -0.454 e. The van der Waals surface area contributed by atoms with Crippen molar-refractivity contribution < 1.29 is 23.9 Å². The van der Waals surface area contributed by atoms with Gasteiger partial charge >= 0.3 is 0 Å². The third kappa shape index (κ3) is 2.80. The van der Waals surface area contributed by atoms with Gasteiger partial charge in [0.05, 0.1) is 21.8 Å². The largest absolute Gasteiger partial charge is 0.454 e. The molecule has 138 valence electrons. The number of hydrogen-bond donors (Lipinski definition) is 1. The molecule has 2 aliphatic rings. The molecule has 0 aliphatic carbocycles. The molecule has 0 saturated carbocycles. The fourth-order valence-electron chi connectivity index (χ4n) is 3.09. The molecule has 1 atom stereocenters. The molecule has 0 spiro atoms. The summed E-state index contributed by atoms with van der Waals surface area (Å²) in [7, 11) is 0. The molecule has 8 heteroatoms. The van der Waals surface area contributed by atoms with E-state index < -0.39 is 23.8 Å². The first-order valence-electron chi connectivity index (χ1n) is 8.25. The second-order valence-electron chi connectivity index (χ2n) is 6.38. The zero-order valence-corrected chi connectivity index (χ0v) is 15.3. The highest BCUT2D eigenvalue weighted by Crippen LogP contribution is 2.39. The zero-order valence-electron chi connectivity index (χ0n) is 14.5. The van der Waals surface area contributed by atoms with Gasteiger partial charge in [-0.15, -0.1) is 0 Å². The Morgan fingerprint density at radius 2 is 1.78 bits per heavy atom. The number of imide groups is 1. The van der Waals surface area contributed by atoms with Gasteiger partial charge in [0.2, 0.25) is 12.7 Å². The van der Waals surface area contributed by atoms with Crippen LogP contribution >= 0.6 is 11.6 Å². The molecule has 0 bridgehead atoms. The number of hydrogen-bond acceptors (Lipinski definition) is 5. The maximum Gasteiger partial charge on any atom is 0.262 e. The van der Waals surface area contributed by atoms with E-state index in [1.165, 1.54) is 13.0 Å². The van der Waals surface area contributed by atoms with Crippen LogP contribution in [0.15, 0.2) is 30.3 Å². The fraction of sp³-hybridized carbons (Fsp3) is 0.211. The molecule has 3 amide bonds. The lowest BCUT2D eigenvalue weighted by Gasteiger charge is -2.22. The number of carbonyl (C=O) groups excluding carboxylic acids is 3. The van der Waals surface area contributed by atoms with Crippen molar-refractivity contribution >= 4 is 35.0 Å². The highest BCUT2D eigenvalue weighted by molar-refractivity contribution is 6.34. The SMILES string of the molecule is Cc1ccc2c(c1)C(=O)N([C@@H](C)C(=O)Nc1cc3c(cc1Cl)OCO3)C2=O. The van der Waals surface area contributed by atoms with E-state index >= 15 is 0 Å². The molecule has 0 fully saturated rings. The number of ether oxygens (including phenoxy) is 2. The number of halogens is 1. The maximum atomic E-state index is 12.7. The van der Waals surface area contributed by atoms with Gasteiger partial charge in [-0.25, -0.2) is 0 Å². The molecule has 2 aliphatic heterocycles. The average molecular weight is 387 g/mol. The summed E-state index contributed by atoms with van der Waals surface area (Å²) in [6.07, 6.45) is 0. The monoisotopic (exact) mass is 386 g/mol. The van der Waals surface area contributed by atoms with Crippen molar-refractivity contribution in [1.82, 2.24) is 4.90 Å². The normalized spacial score (nSPS) is 15.7. The molecule has 4 rings (SSSR count). The highest BCUT2D eigenvalue weighted by Gasteiger charge is 2.41. The number of fused-ring (bicyclic) bond motifs is 2. The molecule has 0 unspecified atom stereocenters. The van der Waals surface area contributed by atoms with E-state index in [-0.39, 0.29) is 11.8 Å². The molecular weight excluding hydrogens is 372 g/mol. The number of carbonyl (C=O) groups is 3. The van der Waals surface area contributed by atoms with E-state index in [9.17, 15) is 14.4 Å². The van der Waals surface area contributed by atoms with Crippen molar-refractivity contribution in [2.45, 2.75) is 19.9 Å². The number of rotatable bonds is 3. The number of nitrogens with one attached hydrogen (secondary N) is 1. The predicted octanol–water partition coefficient (Wildman–Crippen LogP) is 3.00. The van der Waals surface area contributed by atoms with Crippen molar-refractivity contribution in [2.24, 2.45) is 0 Å². The van der Waals surface area contributed by atoms with Gasteiger partial charge in [0.1, 0.15) is 6.04 Å². The van der Waals surface area contributed by atoms with E-state index in [1.807, 2.05) is 6.92 Å². The summed E-state index contributed by atoms with van der Waals surface area (Å²) in [6.45, 7) is 3.40. The summed E-state index contributed by atoms with van der Waals surface area (Å²) in [5, 5.41) is 2.91. The van der Waals surface area contributed by atoms with Crippen LogP contribution in [0, 0.1) is 6.92 Å². The number of aryl methyl sites for hydroxylation is 1. The zero-order chi connectivity index (χ0) is 19.3. The van der Waals surface area contributed by atoms with Gasteiger partial charge in [-0.1, -0.05) is 23.2 Å². The van der Waals surface area contributed by atoms with Crippen LogP contribution in [0.1, 0.15) is 33.2 Å². The minimum absolute atomic E-state index is 0.0773. The van der Waals surface area contributed by atoms with Crippen LogP contribution in [-0.2, 0) is 4.79 Å². The Morgan fingerprint density at radius 3 is 2.52 bits per heavy atom. The standard InChI is InChI=1S/C19H15ClN2O5/c1-9-3-4-11-12(5-9)19(25)22(18(11)24)10(2)17(23)21-14-7-16-15(6-13(14)20)26-8-27-16/h3-7,10H,8H2,1-2H3,(H,21,23)/t10-/m0/s1. The van der Waals surface area contributed by atoms with Crippen molar-refractivity contribution in [3.05, 3.63) is 52.0 Å². The van der Waals surface area contributed by atoms with Gasteiger partial charge in [-0.3, -0.25) is 19.3 Å². The van der Waals surface area contributed by atoms with Crippen LogP contribution in [0.4, 0.5) is 5.69 Å². The van der Waals surface area contributed by atoms with Crippen LogP contribution in [0.2, 0.25) is 5.02 Å². The minimum atomic E-state index is -1.01. The number of nitrogens with zero attached hydrogens (tertiary/aromatic N) is 1. The fourth-order valence-corrected chi connectivity index (χ4v) is 3.29. The van der Waals surface area contributed by atoms with Crippen molar-refractivity contribution in [1.29, 1.82) is 0 Å². The lowest BCUT2D eigenvalue weighted by molar-refractivity contribution is -0.119. The van der Waals surface area contributed by atoms with E-state index in [1.54, 1.807) is 24.3 Å². The van der Waals surface area contributed by atoms with Crippen molar-refractivity contribution in [3.8, 4) is 11.5 Å². The number of benzene rings is 2. The van der Waals surface area contributed by atoms with Gasteiger partial charge in [0.25, 0.3) is 11.8 Å². The third-order valence-corrected chi connectivity index (χ3v) is 4.87. The van der Waals surface area contributed by atoms with Gasteiger partial charge in [0.15, 0.2) is 11.5 Å². The summed E-state index contributed by atoms with van der Waals surface area (Å²) in [6, 6.07) is 7.07. The quantitative estimate of drug-likeness (QED) is 0.820. The summed E-state index contributed by atoms with van der Waals surface area (Å²) in [5.74, 6) is -0.574. The Hall–Kier alpha value is -3.06. The molecule has 7 nitrogen and oxygen atoms in total. The molecular formula is C19H15ClN2O5.